The molecule has 1 saturated carbocycles. The number of hydrogen-bond donors (Lipinski definition) is 0. The lowest BCUT2D eigenvalue weighted by Gasteiger charge is -2.32. The number of hydrogen-bond acceptors (Lipinski definition) is 4. The van der Waals surface area contributed by atoms with Gasteiger partial charge in [-0.1, -0.05) is 54.9 Å². The van der Waals surface area contributed by atoms with Crippen LogP contribution in [-0.4, -0.2) is 11.0 Å². The third-order valence-electron chi connectivity index (χ3n) is 6.52. The number of rotatable bonds is 6. The van der Waals surface area contributed by atoms with Crippen molar-refractivity contribution in [2.24, 2.45) is 5.92 Å². The van der Waals surface area contributed by atoms with Crippen molar-refractivity contribution < 1.29 is 22.7 Å². The molecule has 0 N–H and O–H groups in total. The van der Waals surface area contributed by atoms with Gasteiger partial charge < -0.3 is 4.74 Å². The summed E-state index contributed by atoms with van der Waals surface area (Å²) in [7, 11) is 0. The largest absolute Gasteiger partial charge is 0.423 e. The molecule has 0 atom stereocenters. The molecule has 0 amide bonds. The maximum absolute atomic E-state index is 13.4. The van der Waals surface area contributed by atoms with Crippen LogP contribution >= 0.6 is 22.9 Å². The predicted molar refractivity (Wildman–Crippen MR) is 142 cm³/mol. The summed E-state index contributed by atoms with van der Waals surface area (Å²) < 4.78 is 46.9. The molecule has 4 aromatic rings. The summed E-state index contributed by atoms with van der Waals surface area (Å²) in [6, 6.07) is 16.5. The van der Waals surface area contributed by atoms with E-state index < -0.39 is 17.7 Å². The number of para-hydroxylation sites is 1. The summed E-state index contributed by atoms with van der Waals surface area (Å²) in [4.78, 5) is 16.6. The fourth-order valence-corrected chi connectivity index (χ4v) is 5.49. The minimum Gasteiger partial charge on any atom is -0.423 e. The Bertz CT molecular complexity index is 1540. The first kappa shape index (κ1) is 25.2. The standard InChI is InChI=1S/C29H21ClF3NO2S/c1-2-26(35)36-24-9-4-3-8-21(24)28(18-10-13-25-23(14-18)34-16-37-25)27(17-6-5-7-17)20-12-11-19(15-22(20)30)29(31,32)33/h2-4,8-17H,1,5-7H2/b28-27+. The number of carbonyl (C=O) groups excluding carboxylic acids is 1. The van der Waals surface area contributed by atoms with Crippen LogP contribution in [0.2, 0.25) is 5.02 Å². The van der Waals surface area contributed by atoms with Gasteiger partial charge in [0.2, 0.25) is 0 Å². The van der Waals surface area contributed by atoms with E-state index in [0.29, 0.717) is 16.9 Å². The maximum atomic E-state index is 13.4. The third kappa shape index (κ3) is 5.06. The molecule has 8 heteroatoms. The lowest BCUT2D eigenvalue weighted by Crippen LogP contribution is -2.16. The number of allylic oxidation sites excluding steroid dienone is 1. The van der Waals surface area contributed by atoms with Crippen LogP contribution in [0.3, 0.4) is 0 Å². The van der Waals surface area contributed by atoms with E-state index in [-0.39, 0.29) is 10.9 Å². The summed E-state index contributed by atoms with van der Waals surface area (Å²) in [5, 5.41) is 0.0181. The number of nitrogens with zero attached hydrogens (tertiary/aromatic N) is 1. The zero-order valence-electron chi connectivity index (χ0n) is 19.5. The molecule has 0 aliphatic heterocycles. The monoisotopic (exact) mass is 539 g/mol. The number of fused-ring (bicyclic) bond motifs is 1. The Morgan fingerprint density at radius 3 is 2.54 bits per heavy atom. The van der Waals surface area contributed by atoms with Crippen LogP contribution in [0.25, 0.3) is 21.4 Å². The smallest absolute Gasteiger partial charge is 0.416 e. The van der Waals surface area contributed by atoms with Crippen molar-refractivity contribution in [1.29, 1.82) is 0 Å². The number of aromatic nitrogens is 1. The zero-order valence-corrected chi connectivity index (χ0v) is 21.1. The average molecular weight is 540 g/mol. The number of halogens is 4. The molecule has 1 fully saturated rings. The van der Waals surface area contributed by atoms with Gasteiger partial charge in [0.25, 0.3) is 0 Å². The molecule has 188 valence electrons. The number of alkyl halides is 3. The second-order valence-corrected chi connectivity index (χ2v) is 10.1. The zero-order chi connectivity index (χ0) is 26.2. The molecule has 0 unspecified atom stereocenters. The first-order chi connectivity index (χ1) is 17.8. The predicted octanol–water partition coefficient (Wildman–Crippen LogP) is 8.82. The maximum Gasteiger partial charge on any atom is 0.416 e. The topological polar surface area (TPSA) is 39.2 Å². The van der Waals surface area contributed by atoms with Crippen molar-refractivity contribution in [2.45, 2.75) is 25.4 Å². The van der Waals surface area contributed by atoms with E-state index in [0.717, 1.165) is 64.4 Å². The molecule has 0 bridgehead atoms. The van der Waals surface area contributed by atoms with Crippen LogP contribution in [0.1, 0.15) is 41.5 Å². The second-order valence-electron chi connectivity index (χ2n) is 8.77. The normalized spacial score (nSPS) is 14.7. The van der Waals surface area contributed by atoms with Crippen LogP contribution < -0.4 is 4.74 Å². The van der Waals surface area contributed by atoms with E-state index in [9.17, 15) is 18.0 Å². The van der Waals surface area contributed by atoms with Gasteiger partial charge in [-0.2, -0.15) is 13.2 Å². The molecule has 1 aliphatic carbocycles. The molecule has 1 aromatic heterocycles. The van der Waals surface area contributed by atoms with Crippen molar-refractivity contribution in [3.05, 3.63) is 106 Å². The fourth-order valence-electron chi connectivity index (χ4n) is 4.55. The van der Waals surface area contributed by atoms with Gasteiger partial charge in [0.05, 0.1) is 21.3 Å². The van der Waals surface area contributed by atoms with Crippen LogP contribution in [0.5, 0.6) is 5.75 Å². The summed E-state index contributed by atoms with van der Waals surface area (Å²) in [5.41, 5.74) is 5.28. The highest BCUT2D eigenvalue weighted by molar-refractivity contribution is 7.16. The lowest BCUT2D eigenvalue weighted by atomic mass is 9.73. The summed E-state index contributed by atoms with van der Waals surface area (Å²) >= 11 is 8.07. The highest BCUT2D eigenvalue weighted by atomic mass is 35.5. The third-order valence-corrected chi connectivity index (χ3v) is 7.64. The molecule has 3 aromatic carbocycles. The van der Waals surface area contributed by atoms with Crippen LogP contribution in [-0.2, 0) is 11.0 Å². The van der Waals surface area contributed by atoms with Gasteiger partial charge in [0.15, 0.2) is 0 Å². The van der Waals surface area contributed by atoms with Crippen molar-refractivity contribution in [2.75, 3.05) is 0 Å². The highest BCUT2D eigenvalue weighted by Crippen LogP contribution is 2.49. The Labute approximate surface area is 220 Å². The molecule has 0 saturated heterocycles. The Hall–Kier alpha value is -3.42. The van der Waals surface area contributed by atoms with E-state index in [1.807, 2.05) is 30.3 Å². The molecule has 0 spiro atoms. The molecular formula is C29H21ClF3NO2S. The molecule has 1 heterocycles. The first-order valence-electron chi connectivity index (χ1n) is 11.6. The number of thiazole rings is 1. The molecule has 37 heavy (non-hydrogen) atoms. The average Bonchev–Trinajstić information content (AvgIpc) is 3.31. The Morgan fingerprint density at radius 1 is 1.08 bits per heavy atom. The van der Waals surface area contributed by atoms with Crippen LogP contribution in [0.15, 0.2) is 78.8 Å². The van der Waals surface area contributed by atoms with E-state index >= 15 is 0 Å². The number of benzene rings is 3. The van der Waals surface area contributed by atoms with Gasteiger partial charge >= 0.3 is 12.1 Å². The minimum absolute atomic E-state index is 0.0181. The van der Waals surface area contributed by atoms with Crippen molar-refractivity contribution in [3.8, 4) is 5.75 Å². The van der Waals surface area contributed by atoms with Gasteiger partial charge in [0, 0.05) is 16.7 Å². The highest BCUT2D eigenvalue weighted by Gasteiger charge is 2.33. The second kappa shape index (κ2) is 10.1. The van der Waals surface area contributed by atoms with E-state index in [1.54, 1.807) is 17.6 Å². The van der Waals surface area contributed by atoms with E-state index in [4.69, 9.17) is 16.3 Å². The van der Waals surface area contributed by atoms with Gasteiger partial charge in [0.1, 0.15) is 5.75 Å². The van der Waals surface area contributed by atoms with Gasteiger partial charge in [-0.3, -0.25) is 0 Å². The van der Waals surface area contributed by atoms with Crippen molar-refractivity contribution >= 4 is 50.3 Å². The van der Waals surface area contributed by atoms with Gasteiger partial charge in [-0.05, 0) is 71.4 Å². The first-order valence-corrected chi connectivity index (χ1v) is 12.9. The Morgan fingerprint density at radius 2 is 1.86 bits per heavy atom. The molecular weight excluding hydrogens is 519 g/mol. The van der Waals surface area contributed by atoms with Gasteiger partial charge in [-0.15, -0.1) is 11.3 Å². The van der Waals surface area contributed by atoms with Crippen molar-refractivity contribution in [1.82, 2.24) is 4.98 Å². The van der Waals surface area contributed by atoms with E-state index in [1.165, 1.54) is 17.4 Å². The Kier molecular flexibility index (Phi) is 6.92. The number of carbonyl (C=O) groups is 1. The minimum atomic E-state index is -4.51. The lowest BCUT2D eigenvalue weighted by molar-refractivity contribution is -0.137. The molecule has 5 rings (SSSR count). The molecule has 3 nitrogen and oxygen atoms in total. The fraction of sp³-hybridized carbons (Fsp3) is 0.172. The quantitative estimate of drug-likeness (QED) is 0.106. The van der Waals surface area contributed by atoms with E-state index in [2.05, 4.69) is 11.6 Å². The van der Waals surface area contributed by atoms with Crippen LogP contribution in [0.4, 0.5) is 13.2 Å². The SMILES string of the molecule is C=CC(=O)Oc1ccccc1/C(=C(/c1ccc(C(F)(F)F)cc1Cl)C1CCC1)c1ccc2scnc2c1. The Balaban J connectivity index is 1.83. The summed E-state index contributed by atoms with van der Waals surface area (Å²) in [5.74, 6) is -0.223. The molecule has 0 radical (unpaired) electrons. The molecule has 1 aliphatic rings. The van der Waals surface area contributed by atoms with Crippen molar-refractivity contribution in [3.63, 3.8) is 0 Å². The van der Waals surface area contributed by atoms with Gasteiger partial charge in [-0.25, -0.2) is 9.78 Å². The summed E-state index contributed by atoms with van der Waals surface area (Å²) in [6.45, 7) is 3.49. The van der Waals surface area contributed by atoms with Crippen LogP contribution in [0, 0.1) is 5.92 Å². The number of ether oxygens (including phenoxy) is 1. The number of esters is 1. The summed E-state index contributed by atoms with van der Waals surface area (Å²) in [6.07, 6.45) is -0.695.